The molecule has 0 amide bonds. The van der Waals surface area contributed by atoms with Crippen molar-refractivity contribution in [1.29, 1.82) is 0 Å². The highest BCUT2D eigenvalue weighted by molar-refractivity contribution is 6.62. The number of rotatable bonds is 5. The summed E-state index contributed by atoms with van der Waals surface area (Å²) in [6.45, 7) is 7.97. The summed E-state index contributed by atoms with van der Waals surface area (Å²) < 4.78 is 25.9. The molecule has 1 fully saturated rings. The summed E-state index contributed by atoms with van der Waals surface area (Å²) in [6.07, 6.45) is -0.660. The molecule has 1 heterocycles. The van der Waals surface area contributed by atoms with Crippen molar-refractivity contribution in [3.8, 4) is 0 Å². The maximum atomic E-state index is 14.1. The zero-order chi connectivity index (χ0) is 16.5. The molecule has 1 saturated heterocycles. The maximum Gasteiger partial charge on any atom is 0.497 e. The molecule has 0 radical (unpaired) electrons. The number of aliphatic hydroxyl groups is 1. The van der Waals surface area contributed by atoms with Crippen LogP contribution >= 0.6 is 11.6 Å². The first-order chi connectivity index (χ1) is 10.2. The van der Waals surface area contributed by atoms with E-state index < -0.39 is 24.4 Å². The average molecular weight is 330 g/mol. The van der Waals surface area contributed by atoms with Crippen LogP contribution in [0.25, 0.3) is 0 Å². The number of alkyl halides is 1. The Hall–Kier alpha value is -0.815. The van der Waals surface area contributed by atoms with Gasteiger partial charge in [0.15, 0.2) is 0 Å². The molecule has 2 rings (SSSR count). The Morgan fingerprint density at radius 2 is 1.86 bits per heavy atom. The van der Waals surface area contributed by atoms with Gasteiger partial charge in [0, 0.05) is 17.7 Å². The molecule has 0 aromatic heterocycles. The van der Waals surface area contributed by atoms with Crippen molar-refractivity contribution in [2.45, 2.75) is 45.0 Å². The van der Waals surface area contributed by atoms with Crippen molar-refractivity contribution < 1.29 is 18.8 Å². The highest BCUT2D eigenvalue weighted by Crippen LogP contribution is 2.36. The molecule has 22 heavy (non-hydrogen) atoms. The smallest absolute Gasteiger partial charge is 0.399 e. The van der Waals surface area contributed by atoms with Gasteiger partial charge in [-0.05, 0) is 45.9 Å². The van der Waals surface area contributed by atoms with Gasteiger partial charge in [0.05, 0.1) is 23.2 Å². The quantitative estimate of drug-likeness (QED) is 0.642. The third kappa shape index (κ3) is 3.57. The molecule has 0 saturated carbocycles. The van der Waals surface area contributed by atoms with Gasteiger partial charge in [-0.1, -0.05) is 0 Å². The summed E-state index contributed by atoms with van der Waals surface area (Å²) in [7, 11) is -0.760. The number of benzene rings is 1. The van der Waals surface area contributed by atoms with Gasteiger partial charge in [0.25, 0.3) is 0 Å². The molecule has 2 N–H and O–H groups in total. The van der Waals surface area contributed by atoms with Crippen LogP contribution in [0.4, 0.5) is 10.1 Å². The monoisotopic (exact) mass is 329 g/mol. The molecule has 0 bridgehead atoms. The SMILES string of the molecule is CC1(C)OB(c2cc(NCC(O)CCl)ccc2F)OC1(C)C. The maximum absolute atomic E-state index is 14.1. The van der Waals surface area contributed by atoms with Crippen LogP contribution in [0.2, 0.25) is 0 Å². The van der Waals surface area contributed by atoms with Gasteiger partial charge in [0.1, 0.15) is 5.82 Å². The van der Waals surface area contributed by atoms with E-state index in [9.17, 15) is 9.50 Å². The van der Waals surface area contributed by atoms with Crippen LogP contribution < -0.4 is 10.8 Å². The van der Waals surface area contributed by atoms with Crippen LogP contribution in [0.15, 0.2) is 18.2 Å². The van der Waals surface area contributed by atoms with Gasteiger partial charge in [-0.2, -0.15) is 0 Å². The third-order valence-corrected chi connectivity index (χ3v) is 4.58. The molecule has 1 aromatic rings. The normalized spacial score (nSPS) is 21.0. The summed E-state index contributed by atoms with van der Waals surface area (Å²) in [5.74, 6) is -0.250. The topological polar surface area (TPSA) is 50.7 Å². The highest BCUT2D eigenvalue weighted by atomic mass is 35.5. The molecular weight excluding hydrogens is 307 g/mol. The number of nitrogens with one attached hydrogen (secondary N) is 1. The Kier molecular flexibility index (Phi) is 5.07. The van der Waals surface area contributed by atoms with E-state index in [1.807, 2.05) is 27.7 Å². The first-order valence-corrected chi connectivity index (χ1v) is 7.83. The zero-order valence-electron chi connectivity index (χ0n) is 13.3. The van der Waals surface area contributed by atoms with Crippen LogP contribution in [0.3, 0.4) is 0 Å². The largest absolute Gasteiger partial charge is 0.497 e. The summed E-state index contributed by atoms with van der Waals surface area (Å²) in [5, 5.41) is 12.5. The number of anilines is 1. The summed E-state index contributed by atoms with van der Waals surface area (Å²) in [4.78, 5) is 0. The van der Waals surface area contributed by atoms with Crippen molar-refractivity contribution >= 4 is 29.9 Å². The second-order valence-corrected chi connectivity index (χ2v) is 6.82. The van der Waals surface area contributed by atoms with E-state index in [-0.39, 0.29) is 18.2 Å². The average Bonchev–Trinajstić information content (AvgIpc) is 2.66. The van der Waals surface area contributed by atoms with Crippen LogP contribution in [-0.4, -0.2) is 42.0 Å². The Labute approximate surface area is 136 Å². The van der Waals surface area contributed by atoms with Gasteiger partial charge in [-0.25, -0.2) is 4.39 Å². The fourth-order valence-electron chi connectivity index (χ4n) is 2.09. The Morgan fingerprint density at radius 3 is 2.41 bits per heavy atom. The van der Waals surface area contributed by atoms with E-state index in [1.54, 1.807) is 12.1 Å². The molecule has 0 spiro atoms. The standard InChI is InChI=1S/C15H22BClFNO3/c1-14(2)15(3,4)22-16(21-14)12-7-10(5-6-13(12)18)19-9-11(20)8-17/h5-7,11,19-20H,8-9H2,1-4H3. The fourth-order valence-corrected chi connectivity index (χ4v) is 2.20. The van der Waals surface area contributed by atoms with Crippen LogP contribution in [0.5, 0.6) is 0 Å². The van der Waals surface area contributed by atoms with E-state index in [2.05, 4.69) is 5.32 Å². The number of hydrogen-bond donors (Lipinski definition) is 2. The van der Waals surface area contributed by atoms with E-state index in [4.69, 9.17) is 20.9 Å². The zero-order valence-corrected chi connectivity index (χ0v) is 14.1. The molecule has 0 aliphatic carbocycles. The van der Waals surface area contributed by atoms with E-state index in [0.29, 0.717) is 11.2 Å². The molecular formula is C15H22BClFNO3. The van der Waals surface area contributed by atoms with Crippen LogP contribution in [0.1, 0.15) is 27.7 Å². The predicted octanol–water partition coefficient (Wildman–Crippen LogP) is 2.14. The van der Waals surface area contributed by atoms with Crippen molar-refractivity contribution in [3.63, 3.8) is 0 Å². The molecule has 1 unspecified atom stereocenters. The van der Waals surface area contributed by atoms with Gasteiger partial charge in [-0.3, -0.25) is 0 Å². The minimum Gasteiger partial charge on any atom is -0.399 e. The second-order valence-electron chi connectivity index (χ2n) is 6.51. The Bertz CT molecular complexity index is 526. The molecule has 1 atom stereocenters. The second kappa shape index (κ2) is 6.36. The summed E-state index contributed by atoms with van der Waals surface area (Å²) in [5.41, 5.74) is -0.0376. The number of hydrogen-bond acceptors (Lipinski definition) is 4. The third-order valence-electron chi connectivity index (χ3n) is 4.22. The van der Waals surface area contributed by atoms with Gasteiger partial charge < -0.3 is 19.7 Å². The molecule has 7 heteroatoms. The van der Waals surface area contributed by atoms with Gasteiger partial charge in [-0.15, -0.1) is 11.6 Å². The Morgan fingerprint density at radius 1 is 1.27 bits per heavy atom. The van der Waals surface area contributed by atoms with E-state index >= 15 is 0 Å². The van der Waals surface area contributed by atoms with Crippen molar-refractivity contribution in [3.05, 3.63) is 24.0 Å². The lowest BCUT2D eigenvalue weighted by molar-refractivity contribution is 0.00578. The van der Waals surface area contributed by atoms with Crippen LogP contribution in [0, 0.1) is 5.82 Å². The van der Waals surface area contributed by atoms with E-state index in [1.165, 1.54) is 6.07 Å². The van der Waals surface area contributed by atoms with E-state index in [0.717, 1.165) is 0 Å². The lowest BCUT2D eigenvalue weighted by Crippen LogP contribution is -2.41. The number of halogens is 2. The number of aliphatic hydroxyl groups excluding tert-OH is 1. The Balaban J connectivity index is 2.18. The molecule has 4 nitrogen and oxygen atoms in total. The van der Waals surface area contributed by atoms with Gasteiger partial charge in [0.2, 0.25) is 0 Å². The van der Waals surface area contributed by atoms with Gasteiger partial charge >= 0.3 is 7.12 Å². The lowest BCUT2D eigenvalue weighted by atomic mass is 9.78. The lowest BCUT2D eigenvalue weighted by Gasteiger charge is -2.32. The molecule has 1 aliphatic heterocycles. The first-order valence-electron chi connectivity index (χ1n) is 7.29. The minimum absolute atomic E-state index is 0.137. The van der Waals surface area contributed by atoms with Crippen molar-refractivity contribution in [2.75, 3.05) is 17.7 Å². The molecule has 1 aliphatic rings. The predicted molar refractivity (Wildman–Crippen MR) is 87.3 cm³/mol. The first kappa shape index (κ1) is 17.5. The molecule has 122 valence electrons. The molecule has 1 aromatic carbocycles. The summed E-state index contributed by atoms with van der Waals surface area (Å²) in [6, 6.07) is 4.60. The van der Waals surface area contributed by atoms with Crippen LogP contribution in [-0.2, 0) is 9.31 Å². The fraction of sp³-hybridized carbons (Fsp3) is 0.600. The minimum atomic E-state index is -0.760. The van der Waals surface area contributed by atoms with Crippen molar-refractivity contribution in [2.24, 2.45) is 0 Å². The van der Waals surface area contributed by atoms with Crippen molar-refractivity contribution in [1.82, 2.24) is 0 Å². The highest BCUT2D eigenvalue weighted by Gasteiger charge is 2.52. The summed E-state index contributed by atoms with van der Waals surface area (Å²) >= 11 is 5.55.